The molecule has 0 saturated heterocycles. The zero-order chi connectivity index (χ0) is 11.3. The van der Waals surface area contributed by atoms with Crippen LogP contribution in [0.25, 0.3) is 0 Å². The molecule has 0 heterocycles. The highest BCUT2D eigenvalue weighted by atomic mass is 79.9. The van der Waals surface area contributed by atoms with Crippen molar-refractivity contribution >= 4 is 15.9 Å². The summed E-state index contributed by atoms with van der Waals surface area (Å²) in [6.45, 7) is 0.463. The van der Waals surface area contributed by atoms with E-state index < -0.39 is 6.10 Å². The van der Waals surface area contributed by atoms with Crippen molar-refractivity contribution in [1.29, 1.82) is 0 Å². The van der Waals surface area contributed by atoms with Crippen LogP contribution in [-0.4, -0.2) is 24.9 Å². The number of aliphatic hydroxyl groups is 1. The molecule has 4 heteroatoms. The summed E-state index contributed by atoms with van der Waals surface area (Å²) in [7, 11) is 1.60. The topological polar surface area (TPSA) is 55.5 Å². The van der Waals surface area contributed by atoms with E-state index in [1.165, 1.54) is 0 Å². The van der Waals surface area contributed by atoms with Gasteiger partial charge in [-0.15, -0.1) is 0 Å². The number of halogens is 1. The Labute approximate surface area is 98.4 Å². The predicted octanol–water partition coefficient (Wildman–Crippen LogP) is 1.85. The second kappa shape index (κ2) is 6.23. The third kappa shape index (κ3) is 4.30. The molecule has 2 unspecified atom stereocenters. The van der Waals surface area contributed by atoms with Crippen molar-refractivity contribution < 1.29 is 9.84 Å². The molecule has 0 aliphatic carbocycles. The minimum atomic E-state index is -0.535. The van der Waals surface area contributed by atoms with Gasteiger partial charge in [0.15, 0.2) is 0 Å². The van der Waals surface area contributed by atoms with Gasteiger partial charge in [-0.1, -0.05) is 28.1 Å². The van der Waals surface area contributed by atoms with Crippen LogP contribution in [-0.2, 0) is 4.74 Å². The van der Waals surface area contributed by atoms with Gasteiger partial charge in [0.1, 0.15) is 0 Å². The number of methoxy groups -OCH3 is 1. The first-order chi connectivity index (χ1) is 7.13. The van der Waals surface area contributed by atoms with Crippen LogP contribution in [0.4, 0.5) is 0 Å². The molecule has 0 aliphatic heterocycles. The number of aliphatic hydroxyl groups excluding tert-OH is 1. The molecule has 15 heavy (non-hydrogen) atoms. The molecule has 0 saturated carbocycles. The molecule has 0 aromatic heterocycles. The molecule has 0 bridgehead atoms. The Balaban J connectivity index is 2.56. The molecule has 0 radical (unpaired) electrons. The fourth-order valence-corrected chi connectivity index (χ4v) is 1.84. The molecule has 2 atom stereocenters. The van der Waals surface area contributed by atoms with Crippen molar-refractivity contribution in [3.8, 4) is 0 Å². The van der Waals surface area contributed by atoms with Gasteiger partial charge in [-0.25, -0.2) is 0 Å². The number of benzene rings is 1. The summed E-state index contributed by atoms with van der Waals surface area (Å²) in [6, 6.07) is 7.46. The minimum Gasteiger partial charge on any atom is -0.388 e. The SMILES string of the molecule is COCC(N)CC(O)c1cccc(Br)c1. The molecule has 3 N–H and O–H groups in total. The molecule has 0 amide bonds. The summed E-state index contributed by atoms with van der Waals surface area (Å²) in [6.07, 6.45) is -0.0303. The Morgan fingerprint density at radius 2 is 2.27 bits per heavy atom. The van der Waals surface area contributed by atoms with Crippen LogP contribution < -0.4 is 5.73 Å². The highest BCUT2D eigenvalue weighted by Crippen LogP contribution is 2.21. The molecule has 1 aromatic rings. The fourth-order valence-electron chi connectivity index (χ4n) is 1.42. The lowest BCUT2D eigenvalue weighted by atomic mass is 10.0. The zero-order valence-electron chi connectivity index (χ0n) is 8.69. The summed E-state index contributed by atoms with van der Waals surface area (Å²) >= 11 is 3.36. The first kappa shape index (κ1) is 12.6. The lowest BCUT2D eigenvalue weighted by molar-refractivity contribution is 0.122. The maximum absolute atomic E-state index is 9.89. The number of hydrogen-bond donors (Lipinski definition) is 2. The van der Waals surface area contributed by atoms with E-state index in [1.54, 1.807) is 7.11 Å². The minimum absolute atomic E-state index is 0.135. The standard InChI is InChI=1S/C11H16BrNO2/c1-15-7-10(13)6-11(14)8-3-2-4-9(12)5-8/h2-5,10-11,14H,6-7,13H2,1H3. The van der Waals surface area contributed by atoms with E-state index in [9.17, 15) is 5.11 Å². The van der Waals surface area contributed by atoms with Crippen molar-refractivity contribution in [3.05, 3.63) is 34.3 Å². The van der Waals surface area contributed by atoms with Crippen molar-refractivity contribution in [2.45, 2.75) is 18.6 Å². The van der Waals surface area contributed by atoms with Crippen LogP contribution >= 0.6 is 15.9 Å². The highest BCUT2D eigenvalue weighted by molar-refractivity contribution is 9.10. The molecule has 0 aliphatic rings. The predicted molar refractivity (Wildman–Crippen MR) is 63.6 cm³/mol. The summed E-state index contributed by atoms with van der Waals surface area (Å²) in [5, 5.41) is 9.89. The molecule has 0 spiro atoms. The number of hydrogen-bond acceptors (Lipinski definition) is 3. The van der Waals surface area contributed by atoms with E-state index in [4.69, 9.17) is 10.5 Å². The van der Waals surface area contributed by atoms with Crippen molar-refractivity contribution in [2.75, 3.05) is 13.7 Å². The highest BCUT2D eigenvalue weighted by Gasteiger charge is 2.12. The van der Waals surface area contributed by atoms with Crippen molar-refractivity contribution in [3.63, 3.8) is 0 Å². The summed E-state index contributed by atoms with van der Waals surface area (Å²) in [5.74, 6) is 0. The molecule has 1 rings (SSSR count). The van der Waals surface area contributed by atoms with E-state index in [1.807, 2.05) is 24.3 Å². The normalized spacial score (nSPS) is 14.9. The van der Waals surface area contributed by atoms with Crippen LogP contribution in [0.3, 0.4) is 0 Å². The van der Waals surface area contributed by atoms with Gasteiger partial charge in [-0.05, 0) is 24.1 Å². The smallest absolute Gasteiger partial charge is 0.0806 e. The molecular weight excluding hydrogens is 258 g/mol. The third-order valence-electron chi connectivity index (χ3n) is 2.14. The van der Waals surface area contributed by atoms with Gasteiger partial charge in [-0.2, -0.15) is 0 Å². The van der Waals surface area contributed by atoms with E-state index >= 15 is 0 Å². The summed E-state index contributed by atoms with van der Waals surface area (Å²) in [5.41, 5.74) is 6.64. The van der Waals surface area contributed by atoms with Crippen molar-refractivity contribution in [1.82, 2.24) is 0 Å². The van der Waals surface area contributed by atoms with Gasteiger partial charge in [-0.3, -0.25) is 0 Å². The first-order valence-corrected chi connectivity index (χ1v) is 5.61. The van der Waals surface area contributed by atoms with Gasteiger partial charge < -0.3 is 15.6 Å². The van der Waals surface area contributed by atoms with E-state index in [0.717, 1.165) is 10.0 Å². The fraction of sp³-hybridized carbons (Fsp3) is 0.455. The first-order valence-electron chi connectivity index (χ1n) is 4.81. The van der Waals surface area contributed by atoms with Gasteiger partial charge in [0.2, 0.25) is 0 Å². The third-order valence-corrected chi connectivity index (χ3v) is 2.63. The lowest BCUT2D eigenvalue weighted by Crippen LogP contribution is -2.27. The molecule has 84 valence electrons. The number of ether oxygens (including phenoxy) is 1. The van der Waals surface area contributed by atoms with Crippen molar-refractivity contribution in [2.24, 2.45) is 5.73 Å². The second-order valence-electron chi connectivity index (χ2n) is 3.52. The summed E-state index contributed by atoms with van der Waals surface area (Å²) < 4.78 is 5.88. The van der Waals surface area contributed by atoms with Gasteiger partial charge in [0.05, 0.1) is 12.7 Å². The van der Waals surface area contributed by atoms with E-state index in [-0.39, 0.29) is 6.04 Å². The average Bonchev–Trinajstić information content (AvgIpc) is 2.18. The van der Waals surface area contributed by atoms with E-state index in [2.05, 4.69) is 15.9 Å². The Morgan fingerprint density at radius 1 is 1.53 bits per heavy atom. The van der Waals surface area contributed by atoms with Crippen LogP contribution in [0.15, 0.2) is 28.7 Å². The molecular formula is C11H16BrNO2. The van der Waals surface area contributed by atoms with Crippen LogP contribution in [0, 0.1) is 0 Å². The molecule has 3 nitrogen and oxygen atoms in total. The van der Waals surface area contributed by atoms with Crippen LogP contribution in [0.1, 0.15) is 18.1 Å². The van der Waals surface area contributed by atoms with Gasteiger partial charge >= 0.3 is 0 Å². The number of rotatable bonds is 5. The van der Waals surface area contributed by atoms with Gasteiger partial charge in [0, 0.05) is 17.6 Å². The quantitative estimate of drug-likeness (QED) is 0.861. The maximum Gasteiger partial charge on any atom is 0.0806 e. The largest absolute Gasteiger partial charge is 0.388 e. The van der Waals surface area contributed by atoms with Gasteiger partial charge in [0.25, 0.3) is 0 Å². The lowest BCUT2D eigenvalue weighted by Gasteiger charge is -2.16. The maximum atomic E-state index is 9.89. The molecule has 0 fully saturated rings. The van der Waals surface area contributed by atoms with E-state index in [0.29, 0.717) is 13.0 Å². The Bertz CT molecular complexity index is 306. The van der Waals surface area contributed by atoms with Crippen LogP contribution in [0.5, 0.6) is 0 Å². The monoisotopic (exact) mass is 273 g/mol. The number of nitrogens with two attached hydrogens (primary N) is 1. The molecule has 1 aromatic carbocycles. The second-order valence-corrected chi connectivity index (χ2v) is 4.44. The summed E-state index contributed by atoms with van der Waals surface area (Å²) in [4.78, 5) is 0. The zero-order valence-corrected chi connectivity index (χ0v) is 10.3. The average molecular weight is 274 g/mol. The van der Waals surface area contributed by atoms with Crippen LogP contribution in [0.2, 0.25) is 0 Å². The Hall–Kier alpha value is -0.420. The Morgan fingerprint density at radius 3 is 2.87 bits per heavy atom. The Kier molecular flexibility index (Phi) is 5.25.